The molecule has 0 bridgehead atoms. The molecule has 1 aliphatic carbocycles. The molecule has 2 aromatic carbocycles. The zero-order chi connectivity index (χ0) is 22.6. The minimum absolute atomic E-state index is 0.257. The fraction of sp³-hybridized carbons (Fsp3) is 0.458. The van der Waals surface area contributed by atoms with E-state index >= 15 is 0 Å². The lowest BCUT2D eigenvalue weighted by Crippen LogP contribution is -2.51. The third-order valence-electron chi connectivity index (χ3n) is 7.03. The first kappa shape index (κ1) is 21.4. The molecule has 1 amide bonds. The van der Waals surface area contributed by atoms with Crippen LogP contribution in [0.2, 0.25) is 0 Å². The molecule has 0 atom stereocenters. The van der Waals surface area contributed by atoms with Crippen LogP contribution in [-0.4, -0.2) is 46.2 Å². The summed E-state index contributed by atoms with van der Waals surface area (Å²) in [6.07, 6.45) is 4.98. The highest BCUT2D eigenvalue weighted by molar-refractivity contribution is 7.89. The van der Waals surface area contributed by atoms with E-state index in [1.54, 1.807) is 12.1 Å². The van der Waals surface area contributed by atoms with Crippen LogP contribution >= 0.6 is 0 Å². The summed E-state index contributed by atoms with van der Waals surface area (Å²) in [5, 5.41) is 4.51. The van der Waals surface area contributed by atoms with E-state index in [0.29, 0.717) is 11.1 Å². The first-order valence-corrected chi connectivity index (χ1v) is 12.6. The van der Waals surface area contributed by atoms with E-state index in [2.05, 4.69) is 21.5 Å². The minimum Gasteiger partial charge on any atom is -0.380 e. The Hall–Kier alpha value is -2.42. The zero-order valence-electron chi connectivity index (χ0n) is 18.3. The van der Waals surface area contributed by atoms with E-state index in [1.807, 2.05) is 25.1 Å². The van der Waals surface area contributed by atoms with Gasteiger partial charge in [-0.25, -0.2) is 13.1 Å². The molecular formula is C24H29N3O4S. The number of benzene rings is 2. The molecule has 2 aliphatic heterocycles. The van der Waals surface area contributed by atoms with Crippen LogP contribution < -0.4 is 14.9 Å². The summed E-state index contributed by atoms with van der Waals surface area (Å²) in [6.45, 7) is 8.79. The van der Waals surface area contributed by atoms with Crippen LogP contribution in [0.1, 0.15) is 32.6 Å². The molecule has 2 aromatic rings. The highest BCUT2D eigenvalue weighted by Gasteiger charge is 2.43. The van der Waals surface area contributed by atoms with Crippen molar-refractivity contribution in [1.29, 1.82) is 0 Å². The molecule has 3 fully saturated rings. The Kier molecular flexibility index (Phi) is 5.07. The number of carbonyl (C=O) groups excluding carboxylic acids is 1. The SMILES string of the molecule is C=CC(=O)Nc1ccc2c(N3CCC4(CC3)COC4)cc(S(=O)(=O)NC3(C)CC3)cc2c1. The van der Waals surface area contributed by atoms with Crippen LogP contribution in [0, 0.1) is 5.41 Å². The first-order chi connectivity index (χ1) is 15.2. The predicted molar refractivity (Wildman–Crippen MR) is 125 cm³/mol. The van der Waals surface area contributed by atoms with Crippen molar-refractivity contribution in [1.82, 2.24) is 4.72 Å². The lowest BCUT2D eigenvalue weighted by molar-refractivity contribution is -0.124. The van der Waals surface area contributed by atoms with E-state index in [4.69, 9.17) is 4.74 Å². The van der Waals surface area contributed by atoms with Gasteiger partial charge in [0.1, 0.15) is 0 Å². The molecule has 8 heteroatoms. The monoisotopic (exact) mass is 455 g/mol. The minimum atomic E-state index is -3.67. The summed E-state index contributed by atoms with van der Waals surface area (Å²) in [7, 11) is -3.67. The summed E-state index contributed by atoms with van der Waals surface area (Å²) in [5.41, 5.74) is 1.46. The van der Waals surface area contributed by atoms with Crippen molar-refractivity contribution in [2.24, 2.45) is 5.41 Å². The van der Waals surface area contributed by atoms with Crippen molar-refractivity contribution in [3.63, 3.8) is 0 Å². The van der Waals surface area contributed by atoms with Crippen LogP contribution in [-0.2, 0) is 19.6 Å². The Morgan fingerprint density at radius 2 is 1.84 bits per heavy atom. The summed E-state index contributed by atoms with van der Waals surface area (Å²) in [4.78, 5) is 14.3. The van der Waals surface area contributed by atoms with Gasteiger partial charge in [-0.1, -0.05) is 12.6 Å². The van der Waals surface area contributed by atoms with Crippen molar-refractivity contribution in [2.45, 2.75) is 43.0 Å². The number of hydrogen-bond donors (Lipinski definition) is 2. The Bertz CT molecular complexity index is 1190. The normalized spacial score (nSPS) is 21.2. The Labute approximate surface area is 188 Å². The van der Waals surface area contributed by atoms with Crippen molar-refractivity contribution in [2.75, 3.05) is 36.5 Å². The second-order valence-electron chi connectivity index (χ2n) is 9.72. The van der Waals surface area contributed by atoms with Gasteiger partial charge < -0.3 is 15.0 Å². The van der Waals surface area contributed by atoms with Gasteiger partial charge in [0, 0.05) is 40.8 Å². The van der Waals surface area contributed by atoms with Gasteiger partial charge in [-0.05, 0) is 68.3 Å². The van der Waals surface area contributed by atoms with E-state index in [-0.39, 0.29) is 16.3 Å². The van der Waals surface area contributed by atoms with Gasteiger partial charge in [0.2, 0.25) is 15.9 Å². The third-order valence-corrected chi connectivity index (χ3v) is 8.65. The molecule has 0 unspecified atom stereocenters. The van der Waals surface area contributed by atoms with Crippen molar-refractivity contribution in [3.8, 4) is 0 Å². The van der Waals surface area contributed by atoms with E-state index < -0.39 is 10.0 Å². The second kappa shape index (κ2) is 7.57. The highest BCUT2D eigenvalue weighted by atomic mass is 32.2. The molecule has 2 saturated heterocycles. The van der Waals surface area contributed by atoms with Crippen molar-refractivity contribution >= 4 is 38.1 Å². The maximum atomic E-state index is 13.2. The third kappa shape index (κ3) is 4.02. The number of nitrogens with one attached hydrogen (secondary N) is 2. The number of sulfonamides is 1. The molecule has 1 saturated carbocycles. The second-order valence-corrected chi connectivity index (χ2v) is 11.4. The van der Waals surface area contributed by atoms with Crippen LogP contribution in [0.5, 0.6) is 0 Å². The number of piperidine rings is 1. The summed E-state index contributed by atoms with van der Waals surface area (Å²) in [5.74, 6) is -0.305. The van der Waals surface area contributed by atoms with Gasteiger partial charge in [-0.3, -0.25) is 4.79 Å². The number of carbonyl (C=O) groups is 1. The van der Waals surface area contributed by atoms with E-state index in [1.165, 1.54) is 6.08 Å². The average molecular weight is 456 g/mol. The summed E-state index contributed by atoms with van der Waals surface area (Å²) >= 11 is 0. The molecule has 1 spiro atoms. The molecular weight excluding hydrogens is 426 g/mol. The van der Waals surface area contributed by atoms with Crippen LogP contribution in [0.25, 0.3) is 10.8 Å². The topological polar surface area (TPSA) is 87.7 Å². The number of ether oxygens (including phenoxy) is 1. The number of anilines is 2. The van der Waals surface area contributed by atoms with Gasteiger partial charge >= 0.3 is 0 Å². The molecule has 2 N–H and O–H groups in total. The van der Waals surface area contributed by atoms with Gasteiger partial charge in [0.25, 0.3) is 0 Å². The lowest BCUT2D eigenvalue weighted by Gasteiger charge is -2.48. The zero-order valence-corrected chi connectivity index (χ0v) is 19.1. The van der Waals surface area contributed by atoms with Gasteiger partial charge in [0.05, 0.1) is 18.1 Å². The number of rotatable bonds is 6. The van der Waals surface area contributed by atoms with Crippen LogP contribution in [0.3, 0.4) is 0 Å². The van der Waals surface area contributed by atoms with E-state index in [9.17, 15) is 13.2 Å². The molecule has 5 rings (SSSR count). The van der Waals surface area contributed by atoms with Gasteiger partial charge in [0.15, 0.2) is 0 Å². The molecule has 0 radical (unpaired) electrons. The Balaban J connectivity index is 1.55. The molecule has 3 aliphatic rings. The lowest BCUT2D eigenvalue weighted by atomic mass is 9.76. The Morgan fingerprint density at radius 1 is 1.12 bits per heavy atom. The van der Waals surface area contributed by atoms with E-state index in [0.717, 1.165) is 68.4 Å². The number of nitrogens with zero attached hydrogens (tertiary/aromatic N) is 1. The average Bonchev–Trinajstić information content (AvgIpc) is 3.47. The number of fused-ring (bicyclic) bond motifs is 1. The Morgan fingerprint density at radius 3 is 2.44 bits per heavy atom. The number of amides is 1. The van der Waals surface area contributed by atoms with Crippen LogP contribution in [0.15, 0.2) is 47.9 Å². The molecule has 7 nitrogen and oxygen atoms in total. The smallest absolute Gasteiger partial charge is 0.247 e. The standard InChI is InChI=1S/C24H29N3O4S/c1-3-22(28)25-18-4-5-20-17(12-18)13-19(32(29,30)26-23(2)6-7-23)14-21(20)27-10-8-24(9-11-27)15-31-16-24/h3-5,12-14,26H,1,6-11,15-16H2,2H3,(H,25,28). The highest BCUT2D eigenvalue weighted by Crippen LogP contribution is 2.42. The maximum absolute atomic E-state index is 13.2. The molecule has 32 heavy (non-hydrogen) atoms. The first-order valence-electron chi connectivity index (χ1n) is 11.1. The summed E-state index contributed by atoms with van der Waals surface area (Å²) < 4.78 is 34.7. The maximum Gasteiger partial charge on any atom is 0.247 e. The fourth-order valence-corrected chi connectivity index (χ4v) is 6.10. The predicted octanol–water partition coefficient (Wildman–Crippen LogP) is 3.41. The van der Waals surface area contributed by atoms with Crippen molar-refractivity contribution in [3.05, 3.63) is 43.0 Å². The molecule has 2 heterocycles. The van der Waals surface area contributed by atoms with Crippen LogP contribution in [0.4, 0.5) is 11.4 Å². The van der Waals surface area contributed by atoms with Gasteiger partial charge in [-0.2, -0.15) is 0 Å². The number of hydrogen-bond acceptors (Lipinski definition) is 5. The van der Waals surface area contributed by atoms with Crippen molar-refractivity contribution < 1.29 is 17.9 Å². The molecule has 170 valence electrons. The molecule has 0 aromatic heterocycles. The quantitative estimate of drug-likeness (QED) is 0.652. The van der Waals surface area contributed by atoms with Gasteiger partial charge in [-0.15, -0.1) is 0 Å². The largest absolute Gasteiger partial charge is 0.380 e. The fourth-order valence-electron chi connectivity index (χ4n) is 4.58. The summed E-state index contributed by atoms with van der Waals surface area (Å²) in [6, 6.07) is 9.11.